The van der Waals surface area contributed by atoms with E-state index in [2.05, 4.69) is 25.7 Å². The van der Waals surface area contributed by atoms with Crippen LogP contribution >= 0.6 is 0 Å². The largest absolute Gasteiger partial charge is 0.300 e. The predicted octanol–water partition coefficient (Wildman–Crippen LogP) is 2.08. The summed E-state index contributed by atoms with van der Waals surface area (Å²) in [5.41, 5.74) is 0. The molecule has 0 amide bonds. The van der Waals surface area contributed by atoms with Crippen LogP contribution in [0.5, 0.6) is 0 Å². The second-order valence-electron chi connectivity index (χ2n) is 4.64. The van der Waals surface area contributed by atoms with E-state index in [1.165, 1.54) is 6.42 Å². The molecule has 0 aliphatic carbocycles. The third-order valence-corrected chi connectivity index (χ3v) is 2.98. The van der Waals surface area contributed by atoms with E-state index in [1.807, 2.05) is 0 Å². The summed E-state index contributed by atoms with van der Waals surface area (Å²) in [7, 11) is 0. The SMILES string of the molecule is CC(=O)CC(C)N1CC(C)CC1C. The zero-order chi connectivity index (χ0) is 10.0. The van der Waals surface area contributed by atoms with Gasteiger partial charge >= 0.3 is 0 Å². The van der Waals surface area contributed by atoms with Crippen LogP contribution in [0, 0.1) is 5.92 Å². The third-order valence-electron chi connectivity index (χ3n) is 2.98. The molecule has 2 heteroatoms. The fourth-order valence-corrected chi connectivity index (χ4v) is 2.48. The molecule has 13 heavy (non-hydrogen) atoms. The molecule has 3 unspecified atom stereocenters. The summed E-state index contributed by atoms with van der Waals surface area (Å²) in [6, 6.07) is 1.08. The highest BCUT2D eigenvalue weighted by Gasteiger charge is 2.29. The molecular formula is C11H21NO. The minimum Gasteiger partial charge on any atom is -0.300 e. The molecule has 76 valence electrons. The Morgan fingerprint density at radius 1 is 1.54 bits per heavy atom. The van der Waals surface area contributed by atoms with Crippen LogP contribution in [0.1, 0.15) is 40.5 Å². The Labute approximate surface area is 81.3 Å². The Hall–Kier alpha value is -0.370. The lowest BCUT2D eigenvalue weighted by Crippen LogP contribution is -2.36. The van der Waals surface area contributed by atoms with Gasteiger partial charge in [0.05, 0.1) is 0 Å². The molecule has 0 N–H and O–H groups in total. The van der Waals surface area contributed by atoms with Crippen molar-refractivity contribution in [3.8, 4) is 0 Å². The molecule has 1 aliphatic rings. The summed E-state index contributed by atoms with van der Waals surface area (Å²) in [5, 5.41) is 0. The van der Waals surface area contributed by atoms with Gasteiger partial charge in [0.1, 0.15) is 5.78 Å². The van der Waals surface area contributed by atoms with Gasteiger partial charge in [-0.05, 0) is 33.1 Å². The zero-order valence-electron chi connectivity index (χ0n) is 9.21. The normalized spacial score (nSPS) is 32.0. The number of nitrogens with zero attached hydrogens (tertiary/aromatic N) is 1. The summed E-state index contributed by atoms with van der Waals surface area (Å²) in [5.74, 6) is 1.10. The number of carbonyl (C=O) groups is 1. The molecule has 1 rings (SSSR count). The van der Waals surface area contributed by atoms with Crippen molar-refractivity contribution in [1.29, 1.82) is 0 Å². The molecule has 0 radical (unpaired) electrons. The van der Waals surface area contributed by atoms with Crippen molar-refractivity contribution in [1.82, 2.24) is 4.90 Å². The molecule has 1 saturated heterocycles. The van der Waals surface area contributed by atoms with E-state index in [9.17, 15) is 4.79 Å². The number of hydrogen-bond acceptors (Lipinski definition) is 2. The summed E-state index contributed by atoms with van der Waals surface area (Å²) < 4.78 is 0. The lowest BCUT2D eigenvalue weighted by molar-refractivity contribution is -0.118. The van der Waals surface area contributed by atoms with Crippen molar-refractivity contribution in [2.75, 3.05) is 6.54 Å². The molecule has 0 bridgehead atoms. The molecule has 1 heterocycles. The summed E-state index contributed by atoms with van der Waals surface area (Å²) in [4.78, 5) is 13.4. The minimum atomic E-state index is 0.305. The Balaban J connectivity index is 2.46. The number of likely N-dealkylation sites (tertiary alicyclic amines) is 1. The van der Waals surface area contributed by atoms with Gasteiger partial charge < -0.3 is 0 Å². The molecule has 1 aliphatic heterocycles. The van der Waals surface area contributed by atoms with Gasteiger partial charge in [0.2, 0.25) is 0 Å². The van der Waals surface area contributed by atoms with E-state index in [-0.39, 0.29) is 0 Å². The van der Waals surface area contributed by atoms with Gasteiger partial charge in [-0.2, -0.15) is 0 Å². The van der Waals surface area contributed by atoms with Crippen LogP contribution in [-0.2, 0) is 4.79 Å². The third kappa shape index (κ3) is 2.80. The van der Waals surface area contributed by atoms with E-state index in [1.54, 1.807) is 6.92 Å². The van der Waals surface area contributed by atoms with Crippen LogP contribution in [0.3, 0.4) is 0 Å². The van der Waals surface area contributed by atoms with Crippen molar-refractivity contribution in [2.24, 2.45) is 5.92 Å². The number of ketones is 1. The summed E-state index contributed by atoms with van der Waals surface area (Å²) in [6.45, 7) is 9.56. The zero-order valence-corrected chi connectivity index (χ0v) is 9.21. The first-order valence-electron chi connectivity index (χ1n) is 5.26. The maximum atomic E-state index is 11.0. The quantitative estimate of drug-likeness (QED) is 0.667. The molecule has 0 aromatic carbocycles. The number of carbonyl (C=O) groups excluding carboxylic acids is 1. The lowest BCUT2D eigenvalue weighted by atomic mass is 10.1. The fourth-order valence-electron chi connectivity index (χ4n) is 2.48. The average molecular weight is 183 g/mol. The molecule has 0 aromatic rings. The maximum absolute atomic E-state index is 11.0. The van der Waals surface area contributed by atoms with Gasteiger partial charge in [-0.1, -0.05) is 6.92 Å². The number of hydrogen-bond donors (Lipinski definition) is 0. The van der Waals surface area contributed by atoms with E-state index < -0.39 is 0 Å². The van der Waals surface area contributed by atoms with Crippen molar-refractivity contribution in [2.45, 2.75) is 52.6 Å². The molecule has 1 fully saturated rings. The van der Waals surface area contributed by atoms with Crippen LogP contribution in [0.25, 0.3) is 0 Å². The summed E-state index contributed by atoms with van der Waals surface area (Å²) >= 11 is 0. The van der Waals surface area contributed by atoms with E-state index in [0.717, 1.165) is 12.5 Å². The Kier molecular flexibility index (Phi) is 3.48. The Morgan fingerprint density at radius 2 is 2.15 bits per heavy atom. The first-order chi connectivity index (χ1) is 6.00. The van der Waals surface area contributed by atoms with E-state index in [0.29, 0.717) is 24.3 Å². The molecule has 0 spiro atoms. The van der Waals surface area contributed by atoms with Crippen molar-refractivity contribution in [3.05, 3.63) is 0 Å². The van der Waals surface area contributed by atoms with Gasteiger partial charge in [-0.25, -0.2) is 0 Å². The maximum Gasteiger partial charge on any atom is 0.131 e. The van der Waals surface area contributed by atoms with Gasteiger partial charge in [0.15, 0.2) is 0 Å². The fraction of sp³-hybridized carbons (Fsp3) is 0.909. The van der Waals surface area contributed by atoms with Gasteiger partial charge in [0, 0.05) is 25.0 Å². The van der Waals surface area contributed by atoms with E-state index in [4.69, 9.17) is 0 Å². The molecular weight excluding hydrogens is 162 g/mol. The highest BCUT2D eigenvalue weighted by atomic mass is 16.1. The number of Topliss-reactive ketones (excluding diaryl/α,β-unsaturated/α-hetero) is 1. The highest BCUT2D eigenvalue weighted by Crippen LogP contribution is 2.25. The van der Waals surface area contributed by atoms with Gasteiger partial charge in [-0.15, -0.1) is 0 Å². The van der Waals surface area contributed by atoms with Crippen molar-refractivity contribution < 1.29 is 4.79 Å². The number of rotatable bonds is 3. The van der Waals surface area contributed by atoms with Crippen LogP contribution < -0.4 is 0 Å². The standard InChI is InChI=1S/C11H21NO/c1-8-5-9(2)12(7-8)10(3)6-11(4)13/h8-10H,5-7H2,1-4H3. The monoisotopic (exact) mass is 183 g/mol. The van der Waals surface area contributed by atoms with Crippen molar-refractivity contribution in [3.63, 3.8) is 0 Å². The Bertz CT molecular complexity index is 191. The summed E-state index contributed by atoms with van der Waals surface area (Å²) in [6.07, 6.45) is 1.99. The molecule has 3 atom stereocenters. The Morgan fingerprint density at radius 3 is 2.54 bits per heavy atom. The highest BCUT2D eigenvalue weighted by molar-refractivity contribution is 5.76. The van der Waals surface area contributed by atoms with Crippen LogP contribution in [-0.4, -0.2) is 29.3 Å². The first-order valence-corrected chi connectivity index (χ1v) is 5.26. The minimum absolute atomic E-state index is 0.305. The lowest BCUT2D eigenvalue weighted by Gasteiger charge is -2.27. The second kappa shape index (κ2) is 4.23. The predicted molar refractivity (Wildman–Crippen MR) is 54.7 cm³/mol. The van der Waals surface area contributed by atoms with Crippen LogP contribution in [0.4, 0.5) is 0 Å². The van der Waals surface area contributed by atoms with Crippen molar-refractivity contribution >= 4 is 5.78 Å². The van der Waals surface area contributed by atoms with Gasteiger partial charge in [-0.3, -0.25) is 9.69 Å². The van der Waals surface area contributed by atoms with Gasteiger partial charge in [0.25, 0.3) is 0 Å². The average Bonchev–Trinajstić information content (AvgIpc) is 2.28. The first kappa shape index (κ1) is 10.7. The molecule has 0 saturated carbocycles. The second-order valence-corrected chi connectivity index (χ2v) is 4.64. The molecule has 0 aromatic heterocycles. The smallest absolute Gasteiger partial charge is 0.131 e. The topological polar surface area (TPSA) is 20.3 Å². The van der Waals surface area contributed by atoms with Crippen LogP contribution in [0.2, 0.25) is 0 Å². The molecule has 2 nitrogen and oxygen atoms in total. The van der Waals surface area contributed by atoms with E-state index >= 15 is 0 Å². The van der Waals surface area contributed by atoms with Crippen LogP contribution in [0.15, 0.2) is 0 Å².